The van der Waals surface area contributed by atoms with Gasteiger partial charge in [-0.3, -0.25) is 4.90 Å². The van der Waals surface area contributed by atoms with Gasteiger partial charge in [-0.05, 0) is 37.6 Å². The Morgan fingerprint density at radius 2 is 2.06 bits per heavy atom. The van der Waals surface area contributed by atoms with Gasteiger partial charge in [0.15, 0.2) is 0 Å². The molecule has 0 saturated heterocycles. The minimum atomic E-state index is 0.326. The van der Waals surface area contributed by atoms with Crippen LogP contribution >= 0.6 is 0 Å². The molecular weight excluding hydrogens is 224 g/mol. The number of ether oxygens (including phenoxy) is 1. The predicted molar refractivity (Wildman–Crippen MR) is 78.0 cm³/mol. The fourth-order valence-corrected chi connectivity index (χ4v) is 2.58. The third-order valence-corrected chi connectivity index (χ3v) is 3.95. The molecule has 1 atom stereocenters. The molecule has 0 bridgehead atoms. The third-order valence-electron chi connectivity index (χ3n) is 3.95. The summed E-state index contributed by atoms with van der Waals surface area (Å²) >= 11 is 0. The van der Waals surface area contributed by atoms with Crippen LogP contribution in [0.3, 0.4) is 0 Å². The van der Waals surface area contributed by atoms with Crippen molar-refractivity contribution < 1.29 is 4.74 Å². The standard InChI is InChI=1S/C15H32N2O/c1-6-16-11-15(3,4)12-17(9-10-18-5)13(2)14-7-8-14/h13-14,16H,6-12H2,1-5H3. The van der Waals surface area contributed by atoms with Crippen LogP contribution in [0.4, 0.5) is 0 Å². The first kappa shape index (κ1) is 15.9. The van der Waals surface area contributed by atoms with Crippen molar-refractivity contribution in [2.24, 2.45) is 11.3 Å². The molecule has 0 radical (unpaired) electrons. The maximum atomic E-state index is 5.26. The third kappa shape index (κ3) is 5.68. The second-order valence-electron chi connectivity index (χ2n) is 6.49. The number of rotatable bonds is 10. The fourth-order valence-electron chi connectivity index (χ4n) is 2.58. The second kappa shape index (κ2) is 7.46. The molecule has 1 saturated carbocycles. The lowest BCUT2D eigenvalue weighted by Gasteiger charge is -2.36. The van der Waals surface area contributed by atoms with Crippen molar-refractivity contribution in [2.45, 2.75) is 46.6 Å². The van der Waals surface area contributed by atoms with E-state index in [4.69, 9.17) is 4.74 Å². The Kier molecular flexibility index (Phi) is 6.61. The first-order valence-corrected chi connectivity index (χ1v) is 7.44. The van der Waals surface area contributed by atoms with Gasteiger partial charge in [0.25, 0.3) is 0 Å². The average molecular weight is 256 g/mol. The lowest BCUT2D eigenvalue weighted by molar-refractivity contribution is 0.0832. The second-order valence-corrected chi connectivity index (χ2v) is 6.49. The first-order chi connectivity index (χ1) is 8.50. The fraction of sp³-hybridized carbons (Fsp3) is 1.00. The lowest BCUT2D eigenvalue weighted by Crippen LogP contribution is -2.46. The van der Waals surface area contributed by atoms with E-state index < -0.39 is 0 Å². The summed E-state index contributed by atoms with van der Waals surface area (Å²) in [6.07, 6.45) is 2.83. The van der Waals surface area contributed by atoms with Gasteiger partial charge < -0.3 is 10.1 Å². The molecule has 1 fully saturated rings. The highest BCUT2D eigenvalue weighted by Gasteiger charge is 2.34. The number of hydrogen-bond acceptors (Lipinski definition) is 3. The topological polar surface area (TPSA) is 24.5 Å². The Morgan fingerprint density at radius 3 is 2.56 bits per heavy atom. The summed E-state index contributed by atoms with van der Waals surface area (Å²) in [6, 6.07) is 0.709. The van der Waals surface area contributed by atoms with E-state index in [1.165, 1.54) is 12.8 Å². The molecule has 0 aromatic heterocycles. The van der Waals surface area contributed by atoms with E-state index in [1.807, 2.05) is 0 Å². The summed E-state index contributed by atoms with van der Waals surface area (Å²) in [5.41, 5.74) is 0.326. The minimum absolute atomic E-state index is 0.326. The highest BCUT2D eigenvalue weighted by Crippen LogP contribution is 2.36. The van der Waals surface area contributed by atoms with Crippen molar-refractivity contribution in [2.75, 3.05) is 39.9 Å². The number of nitrogens with zero attached hydrogens (tertiary/aromatic N) is 1. The van der Waals surface area contributed by atoms with Crippen LogP contribution in [-0.4, -0.2) is 50.8 Å². The lowest BCUT2D eigenvalue weighted by atomic mass is 9.91. The van der Waals surface area contributed by atoms with E-state index >= 15 is 0 Å². The Labute approximate surface area is 113 Å². The monoisotopic (exact) mass is 256 g/mol. The van der Waals surface area contributed by atoms with Crippen molar-refractivity contribution in [1.29, 1.82) is 0 Å². The van der Waals surface area contributed by atoms with Crippen molar-refractivity contribution in [1.82, 2.24) is 10.2 Å². The molecule has 1 N–H and O–H groups in total. The van der Waals surface area contributed by atoms with Gasteiger partial charge in [0.1, 0.15) is 0 Å². The first-order valence-electron chi connectivity index (χ1n) is 7.44. The molecule has 0 amide bonds. The van der Waals surface area contributed by atoms with Crippen LogP contribution in [0.25, 0.3) is 0 Å². The van der Waals surface area contributed by atoms with Crippen LogP contribution in [0.15, 0.2) is 0 Å². The van der Waals surface area contributed by atoms with Gasteiger partial charge in [-0.25, -0.2) is 0 Å². The molecule has 1 aliphatic carbocycles. The van der Waals surface area contributed by atoms with Crippen LogP contribution in [0.5, 0.6) is 0 Å². The zero-order chi connectivity index (χ0) is 13.6. The SMILES string of the molecule is CCNCC(C)(C)CN(CCOC)C(C)C1CC1. The van der Waals surface area contributed by atoms with Gasteiger partial charge in [-0.15, -0.1) is 0 Å². The molecule has 0 aromatic carbocycles. The zero-order valence-electron chi connectivity index (χ0n) is 13.0. The molecule has 1 unspecified atom stereocenters. The zero-order valence-corrected chi connectivity index (χ0v) is 13.0. The Morgan fingerprint density at radius 1 is 1.39 bits per heavy atom. The van der Waals surface area contributed by atoms with Crippen molar-refractivity contribution in [3.05, 3.63) is 0 Å². The molecule has 0 aromatic rings. The Balaban J connectivity index is 2.47. The molecule has 3 nitrogen and oxygen atoms in total. The van der Waals surface area contributed by atoms with E-state index in [2.05, 4.69) is 37.9 Å². The average Bonchev–Trinajstić information content (AvgIpc) is 3.15. The molecule has 0 heterocycles. The van der Waals surface area contributed by atoms with E-state index in [-0.39, 0.29) is 0 Å². The molecular formula is C15H32N2O. The Hall–Kier alpha value is -0.120. The highest BCUT2D eigenvalue weighted by atomic mass is 16.5. The summed E-state index contributed by atoms with van der Waals surface area (Å²) in [6.45, 7) is 14.5. The molecule has 3 heteroatoms. The predicted octanol–water partition coefficient (Wildman–Crippen LogP) is 2.37. The summed E-state index contributed by atoms with van der Waals surface area (Å²) < 4.78 is 5.26. The van der Waals surface area contributed by atoms with Gasteiger partial charge in [0.2, 0.25) is 0 Å². The number of nitrogens with one attached hydrogen (secondary N) is 1. The molecule has 0 aliphatic heterocycles. The van der Waals surface area contributed by atoms with Crippen molar-refractivity contribution in [3.63, 3.8) is 0 Å². The van der Waals surface area contributed by atoms with E-state index in [1.54, 1.807) is 7.11 Å². The summed E-state index contributed by atoms with van der Waals surface area (Å²) in [7, 11) is 1.80. The van der Waals surface area contributed by atoms with E-state index in [9.17, 15) is 0 Å². The number of methoxy groups -OCH3 is 1. The summed E-state index contributed by atoms with van der Waals surface area (Å²) in [5, 5.41) is 3.48. The molecule has 108 valence electrons. The van der Waals surface area contributed by atoms with Crippen LogP contribution in [0, 0.1) is 11.3 Å². The normalized spacial score (nSPS) is 18.3. The van der Waals surface area contributed by atoms with Crippen molar-refractivity contribution in [3.8, 4) is 0 Å². The van der Waals surface area contributed by atoms with Crippen LogP contribution in [0.1, 0.15) is 40.5 Å². The molecule has 0 spiro atoms. The van der Waals surface area contributed by atoms with E-state index in [0.29, 0.717) is 11.5 Å². The van der Waals surface area contributed by atoms with Gasteiger partial charge in [-0.2, -0.15) is 0 Å². The van der Waals surface area contributed by atoms with Gasteiger partial charge >= 0.3 is 0 Å². The maximum Gasteiger partial charge on any atom is 0.0589 e. The Bertz CT molecular complexity index is 227. The van der Waals surface area contributed by atoms with Gasteiger partial charge in [0, 0.05) is 32.8 Å². The van der Waals surface area contributed by atoms with Crippen LogP contribution in [0.2, 0.25) is 0 Å². The largest absolute Gasteiger partial charge is 0.383 e. The molecule has 1 aliphatic rings. The minimum Gasteiger partial charge on any atom is -0.383 e. The van der Waals surface area contributed by atoms with Gasteiger partial charge in [0.05, 0.1) is 6.61 Å². The molecule has 18 heavy (non-hydrogen) atoms. The van der Waals surface area contributed by atoms with Crippen LogP contribution in [-0.2, 0) is 4.74 Å². The quantitative estimate of drug-likeness (QED) is 0.649. The summed E-state index contributed by atoms with van der Waals surface area (Å²) in [5.74, 6) is 0.928. The highest BCUT2D eigenvalue weighted by molar-refractivity contribution is 4.88. The van der Waals surface area contributed by atoms with Crippen molar-refractivity contribution >= 4 is 0 Å². The van der Waals surface area contributed by atoms with Gasteiger partial charge in [-0.1, -0.05) is 20.8 Å². The van der Waals surface area contributed by atoms with Crippen LogP contribution < -0.4 is 5.32 Å². The summed E-state index contributed by atoms with van der Waals surface area (Å²) in [4.78, 5) is 2.62. The smallest absolute Gasteiger partial charge is 0.0589 e. The maximum absolute atomic E-state index is 5.26. The molecule has 1 rings (SSSR count). The van der Waals surface area contributed by atoms with E-state index in [0.717, 1.165) is 38.7 Å². The number of hydrogen-bond donors (Lipinski definition) is 1.